The minimum atomic E-state index is 0.688. The van der Waals surface area contributed by atoms with Crippen molar-refractivity contribution < 1.29 is 9.47 Å². The molecule has 1 aromatic carbocycles. The molecule has 0 aliphatic carbocycles. The van der Waals surface area contributed by atoms with Crippen molar-refractivity contribution in [1.29, 1.82) is 0 Å². The van der Waals surface area contributed by atoms with E-state index in [-0.39, 0.29) is 0 Å². The van der Waals surface area contributed by atoms with Gasteiger partial charge in [0, 0.05) is 33.9 Å². The number of nitrogens with zero attached hydrogens (tertiary/aromatic N) is 1. The lowest BCUT2D eigenvalue weighted by atomic mass is 10.0. The molecule has 0 aliphatic heterocycles. The highest BCUT2D eigenvalue weighted by Gasteiger charge is 2.08. The van der Waals surface area contributed by atoms with Crippen molar-refractivity contribution in [3.8, 4) is 0 Å². The van der Waals surface area contributed by atoms with Crippen molar-refractivity contribution >= 4 is 0 Å². The second-order valence-corrected chi connectivity index (χ2v) is 4.57. The molecule has 0 spiro atoms. The van der Waals surface area contributed by atoms with Gasteiger partial charge in [0.2, 0.25) is 0 Å². The lowest BCUT2D eigenvalue weighted by molar-refractivity contribution is 0.110. The maximum Gasteiger partial charge on any atom is 0.0589 e. The number of hydrogen-bond donors (Lipinski definition) is 1. The maximum atomic E-state index is 5.67. The zero-order valence-electron chi connectivity index (χ0n) is 12.1. The monoisotopic (exact) mass is 266 g/mol. The van der Waals surface area contributed by atoms with Crippen LogP contribution >= 0.6 is 0 Å². The minimum absolute atomic E-state index is 0.688. The second-order valence-electron chi connectivity index (χ2n) is 4.57. The summed E-state index contributed by atoms with van der Waals surface area (Å²) in [6.45, 7) is 4.91. The summed E-state index contributed by atoms with van der Waals surface area (Å²) in [6.07, 6.45) is 0.929. The van der Waals surface area contributed by atoms with E-state index in [9.17, 15) is 0 Å². The van der Waals surface area contributed by atoms with E-state index < -0.39 is 0 Å². The molecule has 0 radical (unpaired) electrons. The Labute approximate surface area is 116 Å². The maximum absolute atomic E-state index is 5.67. The molecule has 0 bridgehead atoms. The van der Waals surface area contributed by atoms with Crippen LogP contribution in [0.2, 0.25) is 0 Å². The van der Waals surface area contributed by atoms with Gasteiger partial charge in [0.05, 0.1) is 13.2 Å². The third-order valence-electron chi connectivity index (χ3n) is 3.15. The van der Waals surface area contributed by atoms with Crippen molar-refractivity contribution in [3.05, 3.63) is 35.4 Å². The number of methoxy groups -OCH3 is 2. The van der Waals surface area contributed by atoms with Gasteiger partial charge in [0.15, 0.2) is 0 Å². The van der Waals surface area contributed by atoms with E-state index in [2.05, 4.69) is 29.2 Å². The molecule has 108 valence electrons. The van der Waals surface area contributed by atoms with Gasteiger partial charge in [0.25, 0.3) is 0 Å². The van der Waals surface area contributed by atoms with Gasteiger partial charge in [-0.3, -0.25) is 4.90 Å². The number of rotatable bonds is 10. The summed E-state index contributed by atoms with van der Waals surface area (Å²) in [6, 6.07) is 8.49. The van der Waals surface area contributed by atoms with Crippen LogP contribution in [0.3, 0.4) is 0 Å². The Balaban J connectivity index is 2.65. The van der Waals surface area contributed by atoms with Crippen LogP contribution in [0.15, 0.2) is 24.3 Å². The highest BCUT2D eigenvalue weighted by atomic mass is 16.5. The number of benzene rings is 1. The predicted octanol–water partition coefficient (Wildman–Crippen LogP) is 1.28. The highest BCUT2D eigenvalue weighted by Crippen LogP contribution is 2.12. The Kier molecular flexibility index (Phi) is 8.41. The van der Waals surface area contributed by atoms with Crippen molar-refractivity contribution in [2.24, 2.45) is 5.73 Å². The van der Waals surface area contributed by atoms with E-state index in [0.29, 0.717) is 6.54 Å². The van der Waals surface area contributed by atoms with Gasteiger partial charge in [-0.2, -0.15) is 0 Å². The van der Waals surface area contributed by atoms with Crippen LogP contribution in [0.5, 0.6) is 0 Å². The molecule has 0 atom stereocenters. The van der Waals surface area contributed by atoms with E-state index in [1.165, 1.54) is 11.1 Å². The average molecular weight is 266 g/mol. The summed E-state index contributed by atoms with van der Waals surface area (Å²) in [5.41, 5.74) is 8.35. The van der Waals surface area contributed by atoms with Crippen LogP contribution in [0.25, 0.3) is 0 Å². The first-order valence-corrected chi connectivity index (χ1v) is 6.79. The molecule has 0 saturated carbocycles. The van der Waals surface area contributed by atoms with Gasteiger partial charge in [-0.25, -0.2) is 0 Å². The van der Waals surface area contributed by atoms with Gasteiger partial charge >= 0.3 is 0 Å². The topological polar surface area (TPSA) is 47.7 Å². The van der Waals surface area contributed by atoms with Crippen molar-refractivity contribution in [2.75, 3.05) is 47.1 Å². The minimum Gasteiger partial charge on any atom is -0.383 e. The highest BCUT2D eigenvalue weighted by molar-refractivity contribution is 5.27. The molecule has 0 saturated heterocycles. The lowest BCUT2D eigenvalue weighted by Crippen LogP contribution is -2.30. The number of nitrogens with two attached hydrogens (primary N) is 1. The molecule has 1 rings (SSSR count). The Morgan fingerprint density at radius 3 is 2.11 bits per heavy atom. The molecule has 4 nitrogen and oxygen atoms in total. The van der Waals surface area contributed by atoms with E-state index in [1.54, 1.807) is 14.2 Å². The van der Waals surface area contributed by atoms with Crippen LogP contribution in [-0.4, -0.2) is 52.0 Å². The molecule has 19 heavy (non-hydrogen) atoms. The summed E-state index contributed by atoms with van der Waals surface area (Å²) >= 11 is 0. The van der Waals surface area contributed by atoms with Crippen LogP contribution in [0, 0.1) is 0 Å². The summed E-state index contributed by atoms with van der Waals surface area (Å²) < 4.78 is 10.3. The van der Waals surface area contributed by atoms with Gasteiger partial charge in [-0.05, 0) is 24.1 Å². The smallest absolute Gasteiger partial charge is 0.0589 e. The molecule has 0 unspecified atom stereocenters. The van der Waals surface area contributed by atoms with Crippen molar-refractivity contribution in [2.45, 2.75) is 13.0 Å². The summed E-state index contributed by atoms with van der Waals surface area (Å²) in [4.78, 5) is 2.35. The zero-order valence-corrected chi connectivity index (χ0v) is 12.1. The molecular weight excluding hydrogens is 240 g/mol. The first kappa shape index (κ1) is 16.1. The predicted molar refractivity (Wildman–Crippen MR) is 78.2 cm³/mol. The third-order valence-corrected chi connectivity index (χ3v) is 3.15. The summed E-state index contributed by atoms with van der Waals surface area (Å²) in [5, 5.41) is 0. The fourth-order valence-corrected chi connectivity index (χ4v) is 2.06. The Bertz CT molecular complexity index is 337. The molecule has 0 fully saturated rings. The van der Waals surface area contributed by atoms with Crippen LogP contribution in [0.4, 0.5) is 0 Å². The first-order chi connectivity index (χ1) is 9.31. The van der Waals surface area contributed by atoms with Gasteiger partial charge in [-0.1, -0.05) is 24.3 Å². The molecular formula is C15H26N2O2. The molecule has 1 aromatic rings. The molecule has 4 heteroatoms. The SMILES string of the molecule is COCCN(CCOC)Cc1ccccc1CCN. The zero-order chi connectivity index (χ0) is 13.9. The molecule has 0 amide bonds. The number of ether oxygens (including phenoxy) is 2. The van der Waals surface area contributed by atoms with E-state index in [0.717, 1.165) is 39.3 Å². The van der Waals surface area contributed by atoms with Gasteiger partial charge < -0.3 is 15.2 Å². The normalized spacial score (nSPS) is 11.2. The fraction of sp³-hybridized carbons (Fsp3) is 0.600. The first-order valence-electron chi connectivity index (χ1n) is 6.79. The van der Waals surface area contributed by atoms with E-state index in [4.69, 9.17) is 15.2 Å². The lowest BCUT2D eigenvalue weighted by Gasteiger charge is -2.23. The average Bonchev–Trinajstić information content (AvgIpc) is 2.44. The quantitative estimate of drug-likeness (QED) is 0.693. The molecule has 0 aliphatic rings. The standard InChI is InChI=1S/C15H26N2O2/c1-18-11-9-17(10-12-19-2)13-15-6-4-3-5-14(15)7-8-16/h3-6H,7-13,16H2,1-2H3. The Morgan fingerprint density at radius 2 is 1.58 bits per heavy atom. The Morgan fingerprint density at radius 1 is 1.00 bits per heavy atom. The van der Waals surface area contributed by atoms with Crippen molar-refractivity contribution in [3.63, 3.8) is 0 Å². The Hall–Kier alpha value is -0.940. The summed E-state index contributed by atoms with van der Waals surface area (Å²) in [7, 11) is 3.47. The van der Waals surface area contributed by atoms with Crippen LogP contribution in [0.1, 0.15) is 11.1 Å². The fourth-order valence-electron chi connectivity index (χ4n) is 2.06. The largest absolute Gasteiger partial charge is 0.383 e. The number of hydrogen-bond acceptors (Lipinski definition) is 4. The second kappa shape index (κ2) is 9.92. The van der Waals surface area contributed by atoms with Crippen LogP contribution < -0.4 is 5.73 Å². The van der Waals surface area contributed by atoms with Gasteiger partial charge in [0.1, 0.15) is 0 Å². The third kappa shape index (κ3) is 6.16. The molecule has 0 heterocycles. The summed E-state index contributed by atoms with van der Waals surface area (Å²) in [5.74, 6) is 0. The van der Waals surface area contributed by atoms with Crippen LogP contribution in [-0.2, 0) is 22.4 Å². The van der Waals surface area contributed by atoms with Gasteiger partial charge in [-0.15, -0.1) is 0 Å². The van der Waals surface area contributed by atoms with E-state index >= 15 is 0 Å². The van der Waals surface area contributed by atoms with E-state index in [1.807, 2.05) is 0 Å². The van der Waals surface area contributed by atoms with Crippen molar-refractivity contribution in [1.82, 2.24) is 4.90 Å². The molecule has 0 aromatic heterocycles. The molecule has 2 N–H and O–H groups in total.